The highest BCUT2D eigenvalue weighted by molar-refractivity contribution is 6.31. The highest BCUT2D eigenvalue weighted by atomic mass is 35.5. The molecule has 0 bridgehead atoms. The molecule has 1 atom stereocenters. The molecule has 3 aromatic rings. The Kier molecular flexibility index (Phi) is 6.55. The van der Waals surface area contributed by atoms with Crippen molar-refractivity contribution in [1.82, 2.24) is 10.5 Å². The number of aliphatic hydroxyl groups excluding tert-OH is 2. The van der Waals surface area contributed by atoms with Crippen LogP contribution in [0.1, 0.15) is 10.4 Å². The zero-order valence-corrected chi connectivity index (χ0v) is 15.6. The molecular weight excluding hydrogens is 408 g/mol. The minimum atomic E-state index is -1.26. The van der Waals surface area contributed by atoms with Crippen LogP contribution in [0.25, 0.3) is 10.9 Å². The van der Waals surface area contributed by atoms with E-state index in [1.165, 1.54) is 6.20 Å². The smallest absolute Gasteiger partial charge is 0.277 e. The summed E-state index contributed by atoms with van der Waals surface area (Å²) in [6.07, 6.45) is 0.189. The standard InChI is InChI=1S/C19H16ClF2N3O4/c20-11-2-1-10-5-12(7-23-16(10)6-11)24-18-14(3-4-15(21)17(18)22)19(28)25-29-9-13(27)8-26/h1-7,13,24,26-27H,8-9H2,(H,25,28). The Morgan fingerprint density at radius 3 is 2.79 bits per heavy atom. The second kappa shape index (κ2) is 9.10. The van der Waals surface area contributed by atoms with Gasteiger partial charge in [0.15, 0.2) is 11.6 Å². The Morgan fingerprint density at radius 2 is 2.03 bits per heavy atom. The summed E-state index contributed by atoms with van der Waals surface area (Å²) in [4.78, 5) is 21.3. The van der Waals surface area contributed by atoms with E-state index in [1.807, 2.05) is 5.48 Å². The van der Waals surface area contributed by atoms with Gasteiger partial charge in [0, 0.05) is 10.4 Å². The molecular formula is C19H16ClF2N3O4. The SMILES string of the molecule is O=C(NOCC(O)CO)c1ccc(F)c(F)c1Nc1cnc2cc(Cl)ccc2c1. The third-order valence-corrected chi connectivity index (χ3v) is 4.14. The van der Waals surface area contributed by atoms with Crippen molar-refractivity contribution in [2.24, 2.45) is 0 Å². The van der Waals surface area contributed by atoms with E-state index < -0.39 is 35.9 Å². The summed E-state index contributed by atoms with van der Waals surface area (Å²) < 4.78 is 28.2. The molecule has 0 radical (unpaired) electrons. The molecule has 1 amide bonds. The van der Waals surface area contributed by atoms with Gasteiger partial charge in [-0.15, -0.1) is 0 Å². The molecule has 0 aliphatic rings. The molecule has 0 fully saturated rings. The van der Waals surface area contributed by atoms with E-state index in [0.717, 1.165) is 12.1 Å². The summed E-state index contributed by atoms with van der Waals surface area (Å²) in [6.45, 7) is -0.945. The zero-order chi connectivity index (χ0) is 21.0. The van der Waals surface area contributed by atoms with Crippen molar-refractivity contribution >= 4 is 39.8 Å². The third-order valence-electron chi connectivity index (χ3n) is 3.91. The van der Waals surface area contributed by atoms with Crippen LogP contribution in [-0.4, -0.2) is 40.4 Å². The van der Waals surface area contributed by atoms with Crippen LogP contribution in [0.3, 0.4) is 0 Å². The number of hydroxylamine groups is 1. The van der Waals surface area contributed by atoms with Gasteiger partial charge in [-0.05, 0) is 30.3 Å². The van der Waals surface area contributed by atoms with Crippen molar-refractivity contribution in [3.05, 3.63) is 64.8 Å². The van der Waals surface area contributed by atoms with Gasteiger partial charge in [-0.25, -0.2) is 14.3 Å². The summed E-state index contributed by atoms with van der Waals surface area (Å²) in [6, 6.07) is 8.55. The van der Waals surface area contributed by atoms with E-state index in [-0.39, 0.29) is 12.2 Å². The van der Waals surface area contributed by atoms with Crippen molar-refractivity contribution < 1.29 is 28.6 Å². The number of nitrogens with zero attached hydrogens (tertiary/aromatic N) is 1. The third kappa shape index (κ3) is 4.96. The number of aliphatic hydroxyl groups is 2. The first-order valence-corrected chi connectivity index (χ1v) is 8.78. The summed E-state index contributed by atoms with van der Waals surface area (Å²) in [5, 5.41) is 21.8. The summed E-state index contributed by atoms with van der Waals surface area (Å²) in [5.41, 5.74) is 2.28. The summed E-state index contributed by atoms with van der Waals surface area (Å²) >= 11 is 5.92. The fourth-order valence-corrected chi connectivity index (χ4v) is 2.65. The number of anilines is 2. The number of benzene rings is 2. The average molecular weight is 424 g/mol. The fraction of sp³-hybridized carbons (Fsp3) is 0.158. The molecule has 3 rings (SSSR count). The van der Waals surface area contributed by atoms with Crippen LogP contribution in [0, 0.1) is 11.6 Å². The molecule has 7 nitrogen and oxygen atoms in total. The predicted octanol–water partition coefficient (Wildman–Crippen LogP) is 2.92. The molecule has 1 aromatic heterocycles. The maximum Gasteiger partial charge on any atom is 0.277 e. The Hall–Kier alpha value is -2.85. The lowest BCUT2D eigenvalue weighted by atomic mass is 10.1. The monoisotopic (exact) mass is 423 g/mol. The minimum Gasteiger partial charge on any atom is -0.394 e. The molecule has 152 valence electrons. The topological polar surface area (TPSA) is 104 Å². The maximum atomic E-state index is 14.4. The minimum absolute atomic E-state index is 0.237. The van der Waals surface area contributed by atoms with Crippen molar-refractivity contribution in [1.29, 1.82) is 0 Å². The molecule has 1 unspecified atom stereocenters. The lowest BCUT2D eigenvalue weighted by Gasteiger charge is -2.14. The van der Waals surface area contributed by atoms with Crippen molar-refractivity contribution in [2.75, 3.05) is 18.5 Å². The Bertz CT molecular complexity index is 1050. The Morgan fingerprint density at radius 1 is 1.24 bits per heavy atom. The van der Waals surface area contributed by atoms with Crippen molar-refractivity contribution in [3.8, 4) is 0 Å². The lowest BCUT2D eigenvalue weighted by Crippen LogP contribution is -2.30. The number of aromatic nitrogens is 1. The van der Waals surface area contributed by atoms with Gasteiger partial charge < -0.3 is 15.5 Å². The summed E-state index contributed by atoms with van der Waals surface area (Å²) in [7, 11) is 0. The second-order valence-corrected chi connectivity index (χ2v) is 6.48. The number of rotatable bonds is 7. The average Bonchev–Trinajstić information content (AvgIpc) is 2.71. The van der Waals surface area contributed by atoms with Gasteiger partial charge in [0.2, 0.25) is 0 Å². The van der Waals surface area contributed by atoms with Gasteiger partial charge in [-0.3, -0.25) is 14.6 Å². The van der Waals surface area contributed by atoms with Crippen LogP contribution in [0.5, 0.6) is 0 Å². The second-order valence-electron chi connectivity index (χ2n) is 6.05. The number of hydrogen-bond donors (Lipinski definition) is 4. The first-order valence-electron chi connectivity index (χ1n) is 8.40. The molecule has 0 saturated carbocycles. The van der Waals surface area contributed by atoms with Gasteiger partial charge in [0.05, 0.1) is 35.3 Å². The molecule has 0 saturated heterocycles. The maximum absolute atomic E-state index is 14.4. The van der Waals surface area contributed by atoms with E-state index in [0.29, 0.717) is 21.6 Å². The molecule has 4 N–H and O–H groups in total. The Balaban J connectivity index is 1.87. The first kappa shape index (κ1) is 20.9. The molecule has 0 aliphatic carbocycles. The van der Waals surface area contributed by atoms with E-state index in [4.69, 9.17) is 21.5 Å². The molecule has 0 spiro atoms. The van der Waals surface area contributed by atoms with E-state index >= 15 is 0 Å². The molecule has 10 heteroatoms. The van der Waals surface area contributed by atoms with Gasteiger partial charge in [0.25, 0.3) is 5.91 Å². The molecule has 1 heterocycles. The van der Waals surface area contributed by atoms with Crippen LogP contribution >= 0.6 is 11.6 Å². The molecule has 0 aliphatic heterocycles. The number of hydrogen-bond acceptors (Lipinski definition) is 6. The number of amides is 1. The largest absolute Gasteiger partial charge is 0.394 e. The van der Waals surface area contributed by atoms with Gasteiger partial charge in [-0.2, -0.15) is 0 Å². The number of carbonyl (C=O) groups excluding carboxylic acids is 1. The van der Waals surface area contributed by atoms with Gasteiger partial charge in [-0.1, -0.05) is 17.7 Å². The quantitative estimate of drug-likeness (QED) is 0.436. The van der Waals surface area contributed by atoms with Gasteiger partial charge >= 0.3 is 0 Å². The van der Waals surface area contributed by atoms with Crippen LogP contribution in [-0.2, 0) is 4.84 Å². The van der Waals surface area contributed by atoms with E-state index in [9.17, 15) is 18.7 Å². The van der Waals surface area contributed by atoms with Crippen LogP contribution in [0.4, 0.5) is 20.2 Å². The number of halogens is 3. The lowest BCUT2D eigenvalue weighted by molar-refractivity contribution is -0.0295. The van der Waals surface area contributed by atoms with Crippen LogP contribution < -0.4 is 10.8 Å². The highest BCUT2D eigenvalue weighted by Crippen LogP contribution is 2.28. The van der Waals surface area contributed by atoms with Gasteiger partial charge in [0.1, 0.15) is 12.7 Å². The normalized spacial score (nSPS) is 12.0. The van der Waals surface area contributed by atoms with E-state index in [1.54, 1.807) is 24.3 Å². The highest BCUT2D eigenvalue weighted by Gasteiger charge is 2.20. The van der Waals surface area contributed by atoms with Crippen molar-refractivity contribution in [3.63, 3.8) is 0 Å². The predicted molar refractivity (Wildman–Crippen MR) is 103 cm³/mol. The number of carbonyl (C=O) groups is 1. The fourth-order valence-electron chi connectivity index (χ4n) is 2.48. The number of nitrogens with one attached hydrogen (secondary N) is 2. The Labute approximate surface area is 168 Å². The van der Waals surface area contributed by atoms with Crippen molar-refractivity contribution in [2.45, 2.75) is 6.10 Å². The van der Waals surface area contributed by atoms with Crippen LogP contribution in [0.2, 0.25) is 5.02 Å². The number of pyridine rings is 1. The molecule has 2 aromatic carbocycles. The zero-order valence-electron chi connectivity index (χ0n) is 14.8. The number of fused-ring (bicyclic) bond motifs is 1. The molecule has 29 heavy (non-hydrogen) atoms. The first-order chi connectivity index (χ1) is 13.9. The van der Waals surface area contributed by atoms with Crippen LogP contribution in [0.15, 0.2) is 42.6 Å². The van der Waals surface area contributed by atoms with E-state index in [2.05, 4.69) is 10.3 Å². The summed E-state index contributed by atoms with van der Waals surface area (Å²) in [5.74, 6) is -3.29.